The molecule has 0 radical (unpaired) electrons. The fraction of sp³-hybridized carbons (Fsp3) is 0.364. The van der Waals surface area contributed by atoms with Crippen LogP contribution in [0.5, 0.6) is 5.75 Å². The first-order valence-corrected chi connectivity index (χ1v) is 7.06. The maximum Gasteiger partial charge on any atom is 0.387 e. The normalized spacial score (nSPS) is 10.6. The van der Waals surface area contributed by atoms with E-state index in [1.807, 2.05) is 0 Å². The number of ketones is 1. The molecule has 2 nitrogen and oxygen atoms in total. The second-order valence-electron chi connectivity index (χ2n) is 3.17. The summed E-state index contributed by atoms with van der Waals surface area (Å²) in [5.41, 5.74) is 0.729. The van der Waals surface area contributed by atoms with Crippen LogP contribution in [0.25, 0.3) is 0 Å². The van der Waals surface area contributed by atoms with Crippen LogP contribution in [-0.4, -0.2) is 17.7 Å². The highest BCUT2D eigenvalue weighted by Gasteiger charge is 2.18. The van der Waals surface area contributed by atoms with Gasteiger partial charge in [-0.25, -0.2) is 0 Å². The first-order valence-electron chi connectivity index (χ1n) is 4.82. The van der Waals surface area contributed by atoms with E-state index in [9.17, 15) is 13.6 Å². The quantitative estimate of drug-likeness (QED) is 0.554. The molecular weight excluding hydrogens is 362 g/mol. The molecule has 0 atom stereocenters. The van der Waals surface area contributed by atoms with Crippen LogP contribution in [0.4, 0.5) is 8.78 Å². The van der Waals surface area contributed by atoms with Gasteiger partial charge >= 0.3 is 6.61 Å². The number of Topliss-reactive ketones (excluding diaryl/α,β-unsaturated/α-hetero) is 1. The zero-order chi connectivity index (χ0) is 12.8. The molecule has 6 heteroatoms. The van der Waals surface area contributed by atoms with Crippen LogP contribution >= 0.6 is 31.9 Å². The maximum absolute atomic E-state index is 12.3. The molecule has 0 aliphatic carbocycles. The summed E-state index contributed by atoms with van der Waals surface area (Å²) in [6.07, 6.45) is 0.241. The van der Waals surface area contributed by atoms with Gasteiger partial charge in [-0.05, 0) is 6.07 Å². The highest BCUT2D eigenvalue weighted by Crippen LogP contribution is 2.28. The molecule has 0 aliphatic rings. The molecule has 0 heterocycles. The van der Waals surface area contributed by atoms with Crippen molar-refractivity contribution in [1.29, 1.82) is 0 Å². The highest BCUT2D eigenvalue weighted by atomic mass is 79.9. The van der Waals surface area contributed by atoms with Crippen LogP contribution in [0.1, 0.15) is 22.3 Å². The van der Waals surface area contributed by atoms with E-state index in [-0.39, 0.29) is 23.5 Å². The van der Waals surface area contributed by atoms with Crippen molar-refractivity contribution in [3.63, 3.8) is 0 Å². The minimum absolute atomic E-state index is 0.0367. The largest absolute Gasteiger partial charge is 0.434 e. The van der Waals surface area contributed by atoms with E-state index in [1.54, 1.807) is 12.1 Å². The van der Waals surface area contributed by atoms with Gasteiger partial charge in [0.15, 0.2) is 5.78 Å². The van der Waals surface area contributed by atoms with E-state index >= 15 is 0 Å². The van der Waals surface area contributed by atoms with E-state index in [1.165, 1.54) is 6.07 Å². The Bertz CT molecular complexity index is 397. The molecule has 0 fully saturated rings. The topological polar surface area (TPSA) is 26.3 Å². The molecule has 0 aliphatic heterocycles. The molecule has 1 aromatic carbocycles. The zero-order valence-corrected chi connectivity index (χ0v) is 11.9. The van der Waals surface area contributed by atoms with Gasteiger partial charge in [-0.1, -0.05) is 44.0 Å². The average Bonchev–Trinajstić information content (AvgIpc) is 2.28. The summed E-state index contributed by atoms with van der Waals surface area (Å²) in [4.78, 5) is 11.7. The summed E-state index contributed by atoms with van der Waals surface area (Å²) in [7, 11) is 0. The van der Waals surface area contributed by atoms with Gasteiger partial charge in [0.1, 0.15) is 5.75 Å². The predicted octanol–water partition coefficient (Wildman–Crippen LogP) is 4.15. The van der Waals surface area contributed by atoms with Crippen molar-refractivity contribution in [2.75, 3.05) is 5.33 Å². The molecule has 17 heavy (non-hydrogen) atoms. The van der Waals surface area contributed by atoms with Gasteiger partial charge in [0.05, 0.1) is 5.56 Å². The smallest absolute Gasteiger partial charge is 0.387 e. The fourth-order valence-corrected chi connectivity index (χ4v) is 2.16. The number of rotatable bonds is 6. The van der Waals surface area contributed by atoms with Gasteiger partial charge in [0, 0.05) is 22.6 Å². The summed E-state index contributed by atoms with van der Waals surface area (Å²) in [6, 6.07) is 4.78. The maximum atomic E-state index is 12.3. The lowest BCUT2D eigenvalue weighted by Gasteiger charge is -2.13. The minimum atomic E-state index is -2.94. The lowest BCUT2D eigenvalue weighted by atomic mass is 10.0. The predicted molar refractivity (Wildman–Crippen MR) is 68.4 cm³/mol. The van der Waals surface area contributed by atoms with Crippen LogP contribution in [-0.2, 0) is 5.33 Å². The molecule has 0 aromatic heterocycles. The molecule has 0 spiro atoms. The van der Waals surface area contributed by atoms with Crippen molar-refractivity contribution in [3.8, 4) is 5.75 Å². The number of ether oxygens (including phenoxy) is 1. The van der Waals surface area contributed by atoms with Gasteiger partial charge in [0.25, 0.3) is 0 Å². The number of hydrogen-bond acceptors (Lipinski definition) is 2. The Labute approximate surface area is 115 Å². The SMILES string of the molecule is O=C(CCBr)c1cccc(CBr)c1OC(F)F. The monoisotopic (exact) mass is 370 g/mol. The van der Waals surface area contributed by atoms with Gasteiger partial charge in [-0.3, -0.25) is 4.79 Å². The Hall–Kier alpha value is -0.490. The summed E-state index contributed by atoms with van der Waals surface area (Å²) in [5.74, 6) is -0.259. The highest BCUT2D eigenvalue weighted by molar-refractivity contribution is 9.09. The first kappa shape index (κ1) is 14.6. The van der Waals surface area contributed by atoms with Crippen molar-refractivity contribution >= 4 is 37.6 Å². The van der Waals surface area contributed by atoms with E-state index in [2.05, 4.69) is 36.6 Å². The van der Waals surface area contributed by atoms with Crippen molar-refractivity contribution in [2.45, 2.75) is 18.4 Å². The summed E-state index contributed by atoms with van der Waals surface area (Å²) in [6.45, 7) is -2.94. The third kappa shape index (κ3) is 4.03. The van der Waals surface area contributed by atoms with Gasteiger partial charge in [-0.2, -0.15) is 8.78 Å². The number of alkyl halides is 4. The second kappa shape index (κ2) is 7.06. The molecule has 94 valence electrons. The number of halogens is 4. The van der Waals surface area contributed by atoms with Crippen molar-refractivity contribution in [1.82, 2.24) is 0 Å². The van der Waals surface area contributed by atoms with Gasteiger partial charge in [0.2, 0.25) is 0 Å². The Morgan fingerprint density at radius 3 is 2.59 bits per heavy atom. The molecule has 1 aromatic rings. The molecule has 0 N–H and O–H groups in total. The lowest BCUT2D eigenvalue weighted by molar-refractivity contribution is -0.0506. The van der Waals surface area contributed by atoms with Crippen LogP contribution in [0.15, 0.2) is 18.2 Å². The molecule has 0 amide bonds. The number of benzene rings is 1. The lowest BCUT2D eigenvalue weighted by Crippen LogP contribution is -2.10. The van der Waals surface area contributed by atoms with Gasteiger partial charge in [-0.15, -0.1) is 0 Å². The molecule has 0 saturated heterocycles. The number of hydrogen-bond donors (Lipinski definition) is 0. The number of para-hydroxylation sites is 1. The van der Waals surface area contributed by atoms with Gasteiger partial charge < -0.3 is 4.74 Å². The van der Waals surface area contributed by atoms with Crippen molar-refractivity contribution in [3.05, 3.63) is 29.3 Å². The van der Waals surface area contributed by atoms with Crippen molar-refractivity contribution < 1.29 is 18.3 Å². The fourth-order valence-electron chi connectivity index (χ4n) is 1.36. The standard InChI is InChI=1S/C11H10Br2F2O2/c12-5-4-9(16)8-3-1-2-7(6-13)10(8)17-11(14)15/h1-3,11H,4-6H2. The summed E-state index contributed by atoms with van der Waals surface area (Å²) >= 11 is 6.31. The summed E-state index contributed by atoms with van der Waals surface area (Å²) < 4.78 is 29.1. The third-order valence-electron chi connectivity index (χ3n) is 2.07. The van der Waals surface area contributed by atoms with E-state index in [0.717, 1.165) is 0 Å². The minimum Gasteiger partial charge on any atom is -0.434 e. The molecule has 1 rings (SSSR count). The zero-order valence-electron chi connectivity index (χ0n) is 8.76. The molecule has 0 unspecified atom stereocenters. The van der Waals surface area contributed by atoms with Crippen LogP contribution in [0.2, 0.25) is 0 Å². The molecule has 0 saturated carbocycles. The average molecular weight is 372 g/mol. The molecular formula is C11H10Br2F2O2. The van der Waals surface area contributed by atoms with E-state index < -0.39 is 6.61 Å². The van der Waals surface area contributed by atoms with Crippen LogP contribution in [0.3, 0.4) is 0 Å². The Morgan fingerprint density at radius 1 is 1.35 bits per heavy atom. The van der Waals surface area contributed by atoms with E-state index in [4.69, 9.17) is 0 Å². The second-order valence-corrected chi connectivity index (χ2v) is 4.52. The Kier molecular flexibility index (Phi) is 6.05. The van der Waals surface area contributed by atoms with Crippen LogP contribution in [0, 0.1) is 0 Å². The van der Waals surface area contributed by atoms with Crippen molar-refractivity contribution in [2.24, 2.45) is 0 Å². The number of carbonyl (C=O) groups excluding carboxylic acids is 1. The third-order valence-corrected chi connectivity index (χ3v) is 3.07. The number of carbonyl (C=O) groups is 1. The Morgan fingerprint density at radius 2 is 2.06 bits per heavy atom. The first-order chi connectivity index (χ1) is 8.10. The van der Waals surface area contributed by atoms with E-state index in [0.29, 0.717) is 16.2 Å². The molecule has 0 bridgehead atoms. The van der Waals surface area contributed by atoms with Crippen LogP contribution < -0.4 is 4.74 Å². The Balaban J connectivity index is 3.14. The summed E-state index contributed by atoms with van der Waals surface area (Å²) in [5, 5.41) is 0.836.